The van der Waals surface area contributed by atoms with E-state index in [9.17, 15) is 18.0 Å². The summed E-state index contributed by atoms with van der Waals surface area (Å²) in [6.45, 7) is 1.61. The first-order valence-corrected chi connectivity index (χ1v) is 8.83. The molecule has 2 aromatic rings. The number of carbonyl (C=O) groups excluding carboxylic acids is 2. The Morgan fingerprint density at radius 1 is 1.04 bits per heavy atom. The summed E-state index contributed by atoms with van der Waals surface area (Å²) >= 11 is 5.97. The number of anilines is 1. The molecular weight excluding hydrogens is 352 g/mol. The molecule has 3 rings (SSSR count). The third kappa shape index (κ3) is 2.55. The molecule has 0 aliphatic carbocycles. The maximum atomic E-state index is 12.6. The number of hydrogen-bond acceptors (Lipinski definition) is 4. The van der Waals surface area contributed by atoms with Gasteiger partial charge in [0.1, 0.15) is 0 Å². The van der Waals surface area contributed by atoms with Crippen LogP contribution >= 0.6 is 11.6 Å². The second kappa shape index (κ2) is 5.61. The molecule has 6 nitrogen and oxygen atoms in total. The minimum atomic E-state index is -3.87. The summed E-state index contributed by atoms with van der Waals surface area (Å²) in [5.74, 6) is -0.870. The molecule has 2 amide bonds. The third-order valence-corrected chi connectivity index (χ3v) is 5.78. The number of nitrogens with zero attached hydrogens (tertiary/aromatic N) is 1. The highest BCUT2D eigenvalue weighted by atomic mass is 35.5. The summed E-state index contributed by atoms with van der Waals surface area (Å²) in [6.07, 6.45) is 0. The highest BCUT2D eigenvalue weighted by Gasteiger charge is 2.33. The maximum Gasteiger partial charge on any atom is 0.262 e. The van der Waals surface area contributed by atoms with Gasteiger partial charge in [-0.15, -0.1) is 0 Å². The van der Waals surface area contributed by atoms with Crippen LogP contribution in [-0.4, -0.2) is 32.2 Å². The van der Waals surface area contributed by atoms with E-state index in [1.165, 1.54) is 31.3 Å². The summed E-state index contributed by atoms with van der Waals surface area (Å²) in [6, 6.07) is 8.83. The fourth-order valence-electron chi connectivity index (χ4n) is 2.51. The van der Waals surface area contributed by atoms with Crippen LogP contribution in [0.2, 0.25) is 5.02 Å². The maximum absolute atomic E-state index is 12.6. The van der Waals surface area contributed by atoms with E-state index >= 15 is 0 Å². The first kappa shape index (κ1) is 16.5. The third-order valence-electron chi connectivity index (χ3n) is 3.85. The summed E-state index contributed by atoms with van der Waals surface area (Å²) < 4.78 is 27.5. The van der Waals surface area contributed by atoms with Gasteiger partial charge in [-0.25, -0.2) is 8.42 Å². The van der Waals surface area contributed by atoms with Gasteiger partial charge < -0.3 is 0 Å². The summed E-state index contributed by atoms with van der Waals surface area (Å²) in [5, 5.41) is 0.342. The molecule has 0 unspecified atom stereocenters. The van der Waals surface area contributed by atoms with Gasteiger partial charge in [0.2, 0.25) is 0 Å². The lowest BCUT2D eigenvalue weighted by molar-refractivity contribution is 0.0693. The molecule has 1 aliphatic heterocycles. The molecule has 1 aliphatic rings. The molecule has 0 saturated carbocycles. The fraction of sp³-hybridized carbons (Fsp3) is 0.125. The van der Waals surface area contributed by atoms with Gasteiger partial charge in [0.15, 0.2) is 0 Å². The molecule has 0 atom stereocenters. The molecule has 0 spiro atoms. The average molecular weight is 365 g/mol. The Kier molecular flexibility index (Phi) is 3.85. The van der Waals surface area contributed by atoms with E-state index in [2.05, 4.69) is 4.72 Å². The lowest BCUT2D eigenvalue weighted by atomic mass is 10.1. The molecule has 0 fully saturated rings. The van der Waals surface area contributed by atoms with Crippen LogP contribution in [0.4, 0.5) is 5.69 Å². The van der Waals surface area contributed by atoms with E-state index in [1.807, 2.05) is 0 Å². The quantitative estimate of drug-likeness (QED) is 0.849. The largest absolute Gasteiger partial charge is 0.280 e. The number of carbonyl (C=O) groups is 2. The molecule has 124 valence electrons. The number of rotatable bonds is 3. The zero-order valence-electron chi connectivity index (χ0n) is 12.8. The number of halogens is 1. The van der Waals surface area contributed by atoms with Gasteiger partial charge >= 0.3 is 0 Å². The van der Waals surface area contributed by atoms with Gasteiger partial charge in [-0.3, -0.25) is 19.2 Å². The number of hydrogen-bond donors (Lipinski definition) is 1. The zero-order valence-corrected chi connectivity index (χ0v) is 14.4. The van der Waals surface area contributed by atoms with Crippen LogP contribution in [0.5, 0.6) is 0 Å². The lowest BCUT2D eigenvalue weighted by Crippen LogP contribution is -2.24. The van der Waals surface area contributed by atoms with Gasteiger partial charge in [-0.2, -0.15) is 0 Å². The van der Waals surface area contributed by atoms with E-state index in [-0.39, 0.29) is 21.7 Å². The molecule has 2 aromatic carbocycles. The smallest absolute Gasteiger partial charge is 0.262 e. The number of fused-ring (bicyclic) bond motifs is 1. The number of imide groups is 1. The van der Waals surface area contributed by atoms with Crippen LogP contribution < -0.4 is 4.72 Å². The van der Waals surface area contributed by atoms with Gasteiger partial charge in [0.05, 0.1) is 16.0 Å². The van der Waals surface area contributed by atoms with E-state index < -0.39 is 21.8 Å². The first-order chi connectivity index (χ1) is 11.2. The molecule has 0 bridgehead atoms. The standard InChI is InChI=1S/C16H13ClN2O4S/c1-9-13(17)4-3-5-14(9)24(22,23)18-10-6-7-11-12(8-10)16(21)19(2)15(11)20/h3-8,18H,1-2H3. The Hall–Kier alpha value is -2.38. The first-order valence-electron chi connectivity index (χ1n) is 6.97. The topological polar surface area (TPSA) is 83.6 Å². The van der Waals surface area contributed by atoms with Crippen LogP contribution in [-0.2, 0) is 10.0 Å². The number of benzene rings is 2. The predicted octanol–water partition coefficient (Wildman–Crippen LogP) is 2.68. The van der Waals surface area contributed by atoms with Gasteiger partial charge in [0.25, 0.3) is 21.8 Å². The van der Waals surface area contributed by atoms with Crippen molar-refractivity contribution in [3.63, 3.8) is 0 Å². The Labute approximate surface area is 144 Å². The Bertz CT molecular complexity index is 986. The van der Waals surface area contributed by atoms with Gasteiger partial charge in [-0.05, 0) is 42.8 Å². The zero-order chi connectivity index (χ0) is 17.6. The molecule has 0 radical (unpaired) electrons. The van der Waals surface area contributed by atoms with Crippen LogP contribution in [0.25, 0.3) is 0 Å². The second-order valence-corrected chi connectivity index (χ2v) is 7.46. The van der Waals surface area contributed by atoms with Crippen molar-refractivity contribution in [2.75, 3.05) is 11.8 Å². The Morgan fingerprint density at radius 3 is 2.42 bits per heavy atom. The van der Waals surface area contributed by atoms with Crippen LogP contribution in [0.1, 0.15) is 26.3 Å². The second-order valence-electron chi connectivity index (χ2n) is 5.40. The van der Waals surface area contributed by atoms with Crippen molar-refractivity contribution in [3.8, 4) is 0 Å². The molecule has 1 N–H and O–H groups in total. The van der Waals surface area contributed by atoms with E-state index in [1.54, 1.807) is 19.1 Å². The van der Waals surface area contributed by atoms with E-state index in [0.29, 0.717) is 10.6 Å². The summed E-state index contributed by atoms with van der Waals surface area (Å²) in [7, 11) is -2.49. The van der Waals surface area contributed by atoms with Crippen LogP contribution in [0.3, 0.4) is 0 Å². The van der Waals surface area contributed by atoms with E-state index in [4.69, 9.17) is 11.6 Å². The highest BCUT2D eigenvalue weighted by molar-refractivity contribution is 7.92. The predicted molar refractivity (Wildman–Crippen MR) is 89.9 cm³/mol. The van der Waals surface area contributed by atoms with Gasteiger partial charge in [0, 0.05) is 17.8 Å². The van der Waals surface area contributed by atoms with Crippen molar-refractivity contribution in [2.24, 2.45) is 0 Å². The number of sulfonamides is 1. The number of amides is 2. The monoisotopic (exact) mass is 364 g/mol. The van der Waals surface area contributed by atoms with Crippen LogP contribution in [0, 0.1) is 6.92 Å². The minimum Gasteiger partial charge on any atom is -0.280 e. The van der Waals surface area contributed by atoms with E-state index in [0.717, 1.165) is 4.90 Å². The SMILES string of the molecule is Cc1c(Cl)cccc1S(=O)(=O)Nc1ccc2c(c1)C(=O)N(C)C2=O. The van der Waals surface area contributed by atoms with Crippen molar-refractivity contribution in [2.45, 2.75) is 11.8 Å². The van der Waals surface area contributed by atoms with Crippen molar-refractivity contribution < 1.29 is 18.0 Å². The Balaban J connectivity index is 1.99. The summed E-state index contributed by atoms with van der Waals surface area (Å²) in [5.41, 5.74) is 1.05. The highest BCUT2D eigenvalue weighted by Crippen LogP contribution is 2.28. The molecule has 1 heterocycles. The number of nitrogens with one attached hydrogen (secondary N) is 1. The van der Waals surface area contributed by atoms with Crippen molar-refractivity contribution in [1.29, 1.82) is 0 Å². The lowest BCUT2D eigenvalue weighted by Gasteiger charge is -2.11. The van der Waals surface area contributed by atoms with Crippen molar-refractivity contribution in [1.82, 2.24) is 4.90 Å². The normalized spacial score (nSPS) is 14.0. The minimum absolute atomic E-state index is 0.0509. The molecular formula is C16H13ClN2O4S. The molecule has 0 saturated heterocycles. The van der Waals surface area contributed by atoms with Crippen molar-refractivity contribution in [3.05, 3.63) is 58.1 Å². The van der Waals surface area contributed by atoms with Gasteiger partial charge in [-0.1, -0.05) is 17.7 Å². The average Bonchev–Trinajstić information content (AvgIpc) is 2.74. The molecule has 24 heavy (non-hydrogen) atoms. The van der Waals surface area contributed by atoms with Crippen molar-refractivity contribution >= 4 is 39.1 Å². The van der Waals surface area contributed by atoms with Crippen LogP contribution in [0.15, 0.2) is 41.3 Å². The molecule has 8 heteroatoms. The molecule has 0 aromatic heterocycles. The summed E-state index contributed by atoms with van der Waals surface area (Å²) in [4.78, 5) is 24.9. The fourth-order valence-corrected chi connectivity index (χ4v) is 4.06. The Morgan fingerprint density at radius 2 is 1.71 bits per heavy atom.